The molecule has 122 valence electrons. The van der Waals surface area contributed by atoms with Crippen molar-refractivity contribution in [3.05, 3.63) is 57.1 Å². The summed E-state index contributed by atoms with van der Waals surface area (Å²) in [5.41, 5.74) is 8.25. The van der Waals surface area contributed by atoms with Crippen molar-refractivity contribution < 1.29 is 0 Å². The first-order chi connectivity index (χ1) is 11.1. The lowest BCUT2D eigenvalue weighted by Gasteiger charge is -2.19. The Morgan fingerprint density at radius 2 is 1.57 bits per heavy atom. The summed E-state index contributed by atoms with van der Waals surface area (Å²) in [5.74, 6) is 0. The first-order valence-electron chi connectivity index (χ1n) is 8.50. The maximum atomic E-state index is 3.59. The summed E-state index contributed by atoms with van der Waals surface area (Å²) in [6.07, 6.45) is 4.96. The van der Waals surface area contributed by atoms with Crippen LogP contribution in [0.5, 0.6) is 0 Å². The molecule has 0 atom stereocenters. The number of halogens is 1. The summed E-state index contributed by atoms with van der Waals surface area (Å²) >= 11 is 3.59. The topological polar surface area (TPSA) is 24.1 Å². The van der Waals surface area contributed by atoms with Crippen molar-refractivity contribution in [3.63, 3.8) is 0 Å². The molecule has 4 rings (SSSR count). The predicted octanol–water partition coefficient (Wildman–Crippen LogP) is 5.47. The molecule has 2 nitrogen and oxygen atoms in total. The molecule has 23 heavy (non-hydrogen) atoms. The highest BCUT2D eigenvalue weighted by Gasteiger charge is 2.11. The molecule has 0 aromatic heterocycles. The van der Waals surface area contributed by atoms with Crippen LogP contribution in [0.3, 0.4) is 0 Å². The second kappa shape index (κ2) is 7.39. The van der Waals surface area contributed by atoms with Crippen molar-refractivity contribution in [2.45, 2.75) is 39.5 Å². The Hall–Kier alpha value is -1.48. The Bertz CT molecular complexity index is 694. The fraction of sp³-hybridized carbons (Fsp3) is 0.400. The number of rotatable bonds is 0. The Labute approximate surface area is 147 Å². The first-order valence-corrected chi connectivity index (χ1v) is 9.29. The molecular weight excluding hydrogens is 348 g/mol. The van der Waals surface area contributed by atoms with Crippen LogP contribution >= 0.6 is 15.9 Å². The minimum absolute atomic E-state index is 1.11. The van der Waals surface area contributed by atoms with Gasteiger partial charge in [0, 0.05) is 28.9 Å². The molecule has 0 unspecified atom stereocenters. The van der Waals surface area contributed by atoms with Gasteiger partial charge in [-0.05, 0) is 74.4 Å². The number of fused-ring (bicyclic) bond motifs is 2. The lowest BCUT2D eigenvalue weighted by atomic mass is 10.0. The van der Waals surface area contributed by atoms with E-state index in [-0.39, 0.29) is 0 Å². The van der Waals surface area contributed by atoms with Gasteiger partial charge >= 0.3 is 0 Å². The Balaban J connectivity index is 0.000000136. The van der Waals surface area contributed by atoms with Gasteiger partial charge in [0.25, 0.3) is 0 Å². The van der Waals surface area contributed by atoms with Crippen molar-refractivity contribution >= 4 is 27.3 Å². The summed E-state index contributed by atoms with van der Waals surface area (Å²) in [5, 5.41) is 6.80. The molecule has 3 heteroatoms. The van der Waals surface area contributed by atoms with E-state index in [1.54, 1.807) is 0 Å². The fourth-order valence-corrected chi connectivity index (χ4v) is 4.05. The van der Waals surface area contributed by atoms with Crippen molar-refractivity contribution in [1.29, 1.82) is 0 Å². The molecule has 0 radical (unpaired) electrons. The van der Waals surface area contributed by atoms with Crippen molar-refractivity contribution in [1.82, 2.24) is 0 Å². The number of hydrogen-bond donors (Lipinski definition) is 2. The Morgan fingerprint density at radius 1 is 0.826 bits per heavy atom. The summed E-state index contributed by atoms with van der Waals surface area (Å²) in [4.78, 5) is 0. The zero-order valence-corrected chi connectivity index (χ0v) is 15.6. The molecular formula is C20H25BrN2. The third-order valence-electron chi connectivity index (χ3n) is 4.46. The number of anilines is 2. The van der Waals surface area contributed by atoms with Gasteiger partial charge in [-0.2, -0.15) is 0 Å². The first kappa shape index (κ1) is 16.4. The molecule has 2 aliphatic rings. The fourth-order valence-electron chi connectivity index (χ4n) is 3.28. The van der Waals surface area contributed by atoms with Gasteiger partial charge in [0.1, 0.15) is 0 Å². The van der Waals surface area contributed by atoms with Crippen molar-refractivity contribution in [2.75, 3.05) is 23.7 Å². The molecule has 0 saturated carbocycles. The summed E-state index contributed by atoms with van der Waals surface area (Å²) in [6.45, 7) is 6.52. The van der Waals surface area contributed by atoms with Crippen LogP contribution in [0, 0.1) is 13.8 Å². The smallest absolute Gasteiger partial charge is 0.0386 e. The van der Waals surface area contributed by atoms with Gasteiger partial charge in [0.15, 0.2) is 0 Å². The summed E-state index contributed by atoms with van der Waals surface area (Å²) in [6, 6.07) is 11.0. The lowest BCUT2D eigenvalue weighted by Crippen LogP contribution is -2.12. The highest BCUT2D eigenvalue weighted by Crippen LogP contribution is 2.30. The second-order valence-electron chi connectivity index (χ2n) is 6.49. The number of nitrogens with one attached hydrogen (secondary N) is 2. The van der Waals surface area contributed by atoms with Gasteiger partial charge in [0.2, 0.25) is 0 Å². The van der Waals surface area contributed by atoms with Gasteiger partial charge in [-0.25, -0.2) is 0 Å². The average Bonchev–Trinajstić information content (AvgIpc) is 2.55. The van der Waals surface area contributed by atoms with Crippen LogP contribution in [0.2, 0.25) is 0 Å². The molecule has 2 heterocycles. The van der Waals surface area contributed by atoms with Crippen LogP contribution in [-0.2, 0) is 12.8 Å². The number of benzene rings is 2. The Morgan fingerprint density at radius 3 is 2.39 bits per heavy atom. The zero-order chi connectivity index (χ0) is 16.2. The van der Waals surface area contributed by atoms with E-state index in [4.69, 9.17) is 0 Å². The molecule has 0 spiro atoms. The number of hydrogen-bond acceptors (Lipinski definition) is 2. The van der Waals surface area contributed by atoms with E-state index in [1.165, 1.54) is 63.8 Å². The minimum Gasteiger partial charge on any atom is -0.385 e. The van der Waals surface area contributed by atoms with Gasteiger partial charge in [-0.15, -0.1) is 0 Å². The molecule has 2 N–H and O–H groups in total. The third kappa shape index (κ3) is 4.08. The molecule has 2 aromatic carbocycles. The summed E-state index contributed by atoms with van der Waals surface area (Å²) in [7, 11) is 0. The van der Waals surface area contributed by atoms with Crippen LogP contribution < -0.4 is 10.6 Å². The van der Waals surface area contributed by atoms with Crippen LogP contribution in [0.15, 0.2) is 34.8 Å². The lowest BCUT2D eigenvalue weighted by molar-refractivity contribution is 0.826. The van der Waals surface area contributed by atoms with Gasteiger partial charge < -0.3 is 10.6 Å². The van der Waals surface area contributed by atoms with Gasteiger partial charge in [-0.1, -0.05) is 33.6 Å². The van der Waals surface area contributed by atoms with E-state index < -0.39 is 0 Å². The zero-order valence-electron chi connectivity index (χ0n) is 14.0. The largest absolute Gasteiger partial charge is 0.385 e. The third-order valence-corrected chi connectivity index (χ3v) is 5.17. The molecule has 0 bridgehead atoms. The quantitative estimate of drug-likeness (QED) is 0.640. The maximum Gasteiger partial charge on any atom is 0.0386 e. The van der Waals surface area contributed by atoms with E-state index in [9.17, 15) is 0 Å². The predicted molar refractivity (Wildman–Crippen MR) is 104 cm³/mol. The maximum absolute atomic E-state index is 3.59. The Kier molecular flexibility index (Phi) is 5.27. The van der Waals surface area contributed by atoms with Crippen LogP contribution in [-0.4, -0.2) is 13.1 Å². The van der Waals surface area contributed by atoms with E-state index in [1.807, 2.05) is 0 Å². The molecule has 0 aliphatic carbocycles. The highest BCUT2D eigenvalue weighted by atomic mass is 79.9. The molecule has 0 amide bonds. The number of aryl methyl sites for hydroxylation is 3. The van der Waals surface area contributed by atoms with E-state index in [2.05, 4.69) is 70.7 Å². The SMILES string of the molecule is Cc1cc(Br)c2c(c1)NCCC2.Cc1ccc2c(c1)CCCN2. The average molecular weight is 373 g/mol. The van der Waals surface area contributed by atoms with E-state index in [0.29, 0.717) is 0 Å². The molecule has 0 fully saturated rings. The van der Waals surface area contributed by atoms with E-state index >= 15 is 0 Å². The normalized spacial score (nSPS) is 15.3. The van der Waals surface area contributed by atoms with E-state index in [0.717, 1.165) is 13.1 Å². The monoisotopic (exact) mass is 372 g/mol. The van der Waals surface area contributed by atoms with Crippen molar-refractivity contribution in [3.8, 4) is 0 Å². The molecule has 2 aliphatic heterocycles. The molecule has 0 saturated heterocycles. The van der Waals surface area contributed by atoms with Gasteiger partial charge in [-0.3, -0.25) is 0 Å². The van der Waals surface area contributed by atoms with Gasteiger partial charge in [0.05, 0.1) is 0 Å². The second-order valence-corrected chi connectivity index (χ2v) is 7.35. The highest BCUT2D eigenvalue weighted by molar-refractivity contribution is 9.10. The summed E-state index contributed by atoms with van der Waals surface area (Å²) < 4.78 is 1.25. The van der Waals surface area contributed by atoms with Crippen molar-refractivity contribution in [2.24, 2.45) is 0 Å². The standard InChI is InChI=1S/C10H12BrN.C10H13N/c1-7-5-9(11)8-3-2-4-12-10(8)6-7;1-8-4-5-10-9(7-8)3-2-6-11-10/h5-6,12H,2-4H2,1H3;4-5,7,11H,2-3,6H2,1H3. The van der Waals surface area contributed by atoms with Crippen LogP contribution in [0.25, 0.3) is 0 Å². The molecule has 2 aromatic rings. The van der Waals surface area contributed by atoms with Crippen LogP contribution in [0.4, 0.5) is 11.4 Å². The van der Waals surface area contributed by atoms with Crippen LogP contribution in [0.1, 0.15) is 35.1 Å². The minimum atomic E-state index is 1.11.